The first-order chi connectivity index (χ1) is 13.2. The number of hydrogen-bond donors (Lipinski definition) is 0. The largest absolute Gasteiger partial charge is 0.278 e. The number of benzene rings is 3. The second-order valence-electron chi connectivity index (χ2n) is 5.98. The highest BCUT2D eigenvalue weighted by molar-refractivity contribution is 6.15. The van der Waals surface area contributed by atoms with Gasteiger partial charge < -0.3 is 0 Å². The summed E-state index contributed by atoms with van der Waals surface area (Å²) in [7, 11) is 0. The Labute approximate surface area is 155 Å². The second-order valence-corrected chi connectivity index (χ2v) is 5.98. The van der Waals surface area contributed by atoms with Crippen LogP contribution < -0.4 is 0 Å². The fraction of sp³-hybridized carbons (Fsp3) is 0. The molecule has 0 saturated heterocycles. The third-order valence-corrected chi connectivity index (χ3v) is 4.28. The van der Waals surface area contributed by atoms with Gasteiger partial charge in [-0.25, -0.2) is 4.99 Å². The minimum absolute atomic E-state index is 0.0259. The Morgan fingerprint density at radius 1 is 0.778 bits per heavy atom. The number of fused-ring (bicyclic) bond motifs is 1. The van der Waals surface area contributed by atoms with E-state index in [0.29, 0.717) is 16.5 Å². The number of nitro groups is 1. The van der Waals surface area contributed by atoms with Crippen LogP contribution in [-0.4, -0.2) is 15.6 Å². The molecule has 0 saturated carbocycles. The Morgan fingerprint density at radius 2 is 1.41 bits per heavy atom. The van der Waals surface area contributed by atoms with E-state index in [1.165, 1.54) is 12.3 Å². The van der Waals surface area contributed by atoms with Crippen LogP contribution in [0.3, 0.4) is 0 Å². The quantitative estimate of drug-likeness (QED) is 0.283. The van der Waals surface area contributed by atoms with Crippen LogP contribution in [0.1, 0.15) is 11.1 Å². The lowest BCUT2D eigenvalue weighted by Gasteiger charge is -2.09. The molecule has 0 fully saturated rings. The van der Waals surface area contributed by atoms with Crippen LogP contribution in [0.5, 0.6) is 0 Å². The van der Waals surface area contributed by atoms with E-state index < -0.39 is 4.92 Å². The van der Waals surface area contributed by atoms with Crippen molar-refractivity contribution in [2.45, 2.75) is 0 Å². The van der Waals surface area contributed by atoms with Gasteiger partial charge in [0.15, 0.2) is 0 Å². The van der Waals surface area contributed by atoms with E-state index in [4.69, 9.17) is 4.99 Å². The number of pyridine rings is 1. The summed E-state index contributed by atoms with van der Waals surface area (Å²) in [6.07, 6.45) is 3.15. The fourth-order valence-corrected chi connectivity index (χ4v) is 3.02. The van der Waals surface area contributed by atoms with Crippen LogP contribution in [0.2, 0.25) is 0 Å². The van der Waals surface area contributed by atoms with Crippen molar-refractivity contribution in [2.75, 3.05) is 0 Å². The molecule has 5 heteroatoms. The van der Waals surface area contributed by atoms with Gasteiger partial charge in [0.25, 0.3) is 5.69 Å². The van der Waals surface area contributed by atoms with E-state index in [1.807, 2.05) is 66.7 Å². The number of rotatable bonds is 4. The standard InChI is InChI=1S/C22H15N3O2/c26-25(27)21-13-7-12-18-19(21)14-23-15-20(18)24-22(16-8-3-1-4-9-16)17-10-5-2-6-11-17/h1-15H. The van der Waals surface area contributed by atoms with E-state index in [9.17, 15) is 10.1 Å². The number of non-ortho nitro benzene ring substituents is 1. The zero-order valence-corrected chi connectivity index (χ0v) is 14.3. The smallest absolute Gasteiger partial charge is 0.262 e. The maximum absolute atomic E-state index is 11.3. The molecule has 4 aromatic rings. The monoisotopic (exact) mass is 353 g/mol. The van der Waals surface area contributed by atoms with Crippen LogP contribution in [0.4, 0.5) is 11.4 Å². The van der Waals surface area contributed by atoms with Crippen molar-refractivity contribution in [1.82, 2.24) is 4.98 Å². The van der Waals surface area contributed by atoms with Gasteiger partial charge in [-0.15, -0.1) is 0 Å². The van der Waals surface area contributed by atoms with Crippen molar-refractivity contribution >= 4 is 27.9 Å². The lowest BCUT2D eigenvalue weighted by Crippen LogP contribution is -2.02. The summed E-state index contributed by atoms with van der Waals surface area (Å²) in [4.78, 5) is 20.0. The summed E-state index contributed by atoms with van der Waals surface area (Å²) in [5, 5.41) is 12.5. The summed E-state index contributed by atoms with van der Waals surface area (Å²) < 4.78 is 0. The summed E-state index contributed by atoms with van der Waals surface area (Å²) in [6.45, 7) is 0. The third-order valence-electron chi connectivity index (χ3n) is 4.28. The van der Waals surface area contributed by atoms with Gasteiger partial charge in [0.2, 0.25) is 0 Å². The Balaban J connectivity index is 1.97. The fourth-order valence-electron chi connectivity index (χ4n) is 3.02. The van der Waals surface area contributed by atoms with Gasteiger partial charge in [-0.05, 0) is 0 Å². The number of hydrogen-bond acceptors (Lipinski definition) is 4. The molecule has 0 aliphatic rings. The maximum atomic E-state index is 11.3. The van der Waals surface area contributed by atoms with Crippen LogP contribution in [0.25, 0.3) is 10.8 Å². The molecule has 0 atom stereocenters. The molecule has 27 heavy (non-hydrogen) atoms. The third kappa shape index (κ3) is 3.30. The molecule has 4 rings (SSSR count). The van der Waals surface area contributed by atoms with Crippen molar-refractivity contribution in [1.29, 1.82) is 0 Å². The SMILES string of the molecule is O=[N+]([O-])c1cccc2c(N=C(c3ccccc3)c3ccccc3)cncc12. The lowest BCUT2D eigenvalue weighted by molar-refractivity contribution is -0.383. The van der Waals surface area contributed by atoms with Crippen molar-refractivity contribution in [3.8, 4) is 0 Å². The highest BCUT2D eigenvalue weighted by atomic mass is 16.6. The second kappa shape index (κ2) is 7.17. The van der Waals surface area contributed by atoms with Gasteiger partial charge >= 0.3 is 0 Å². The van der Waals surface area contributed by atoms with Gasteiger partial charge in [-0.3, -0.25) is 15.1 Å². The Morgan fingerprint density at radius 3 is 2.00 bits per heavy atom. The zero-order chi connectivity index (χ0) is 18.6. The lowest BCUT2D eigenvalue weighted by atomic mass is 10.0. The Bertz CT molecular complexity index is 1100. The minimum Gasteiger partial charge on any atom is -0.262 e. The first kappa shape index (κ1) is 16.6. The summed E-state index contributed by atoms with van der Waals surface area (Å²) >= 11 is 0. The molecular formula is C22H15N3O2. The average molecular weight is 353 g/mol. The van der Waals surface area contributed by atoms with Gasteiger partial charge in [0.1, 0.15) is 0 Å². The maximum Gasteiger partial charge on any atom is 0.278 e. The predicted molar refractivity (Wildman–Crippen MR) is 107 cm³/mol. The van der Waals surface area contributed by atoms with Gasteiger partial charge in [0.05, 0.1) is 27.9 Å². The first-order valence-electron chi connectivity index (χ1n) is 8.45. The topological polar surface area (TPSA) is 68.4 Å². The molecule has 0 aliphatic heterocycles. The van der Waals surface area contributed by atoms with E-state index in [0.717, 1.165) is 16.8 Å². The molecule has 0 bridgehead atoms. The number of nitro benzene ring substituents is 1. The molecule has 0 amide bonds. The molecule has 0 aliphatic carbocycles. The summed E-state index contributed by atoms with van der Waals surface area (Å²) in [6, 6.07) is 24.7. The molecule has 1 aromatic heterocycles. The van der Waals surface area contributed by atoms with Gasteiger partial charge in [0, 0.05) is 28.8 Å². The Hall–Kier alpha value is -3.86. The highest BCUT2D eigenvalue weighted by Gasteiger charge is 2.14. The molecule has 0 N–H and O–H groups in total. The number of aliphatic imine (C=N–C) groups is 1. The van der Waals surface area contributed by atoms with Gasteiger partial charge in [-0.2, -0.15) is 0 Å². The van der Waals surface area contributed by atoms with E-state index in [2.05, 4.69) is 4.98 Å². The molecule has 1 heterocycles. The van der Waals surface area contributed by atoms with E-state index >= 15 is 0 Å². The number of aromatic nitrogens is 1. The molecule has 0 unspecified atom stereocenters. The molecule has 3 aromatic carbocycles. The van der Waals surface area contributed by atoms with E-state index in [1.54, 1.807) is 12.3 Å². The summed E-state index contributed by atoms with van der Waals surface area (Å²) in [5.74, 6) is 0. The van der Waals surface area contributed by atoms with Crippen molar-refractivity contribution in [3.63, 3.8) is 0 Å². The van der Waals surface area contributed by atoms with Crippen LogP contribution in [-0.2, 0) is 0 Å². The van der Waals surface area contributed by atoms with Crippen molar-refractivity contribution in [3.05, 3.63) is 112 Å². The highest BCUT2D eigenvalue weighted by Crippen LogP contribution is 2.32. The van der Waals surface area contributed by atoms with Crippen molar-refractivity contribution < 1.29 is 4.92 Å². The normalized spacial score (nSPS) is 10.5. The number of nitrogens with zero attached hydrogens (tertiary/aromatic N) is 3. The van der Waals surface area contributed by atoms with E-state index in [-0.39, 0.29) is 5.69 Å². The molecular weight excluding hydrogens is 338 g/mol. The van der Waals surface area contributed by atoms with Crippen LogP contribution >= 0.6 is 0 Å². The molecule has 0 radical (unpaired) electrons. The van der Waals surface area contributed by atoms with Crippen LogP contribution in [0.15, 0.2) is 96.2 Å². The zero-order valence-electron chi connectivity index (χ0n) is 14.3. The van der Waals surface area contributed by atoms with Crippen molar-refractivity contribution in [2.24, 2.45) is 4.99 Å². The predicted octanol–water partition coefficient (Wildman–Crippen LogP) is 5.31. The van der Waals surface area contributed by atoms with Gasteiger partial charge in [-0.1, -0.05) is 72.8 Å². The Kier molecular flexibility index (Phi) is 4.41. The summed E-state index contributed by atoms with van der Waals surface area (Å²) in [5.41, 5.74) is 3.34. The minimum atomic E-state index is -0.396. The molecule has 0 spiro atoms. The average Bonchev–Trinajstić information content (AvgIpc) is 2.72. The molecule has 130 valence electrons. The molecule has 5 nitrogen and oxygen atoms in total. The first-order valence-corrected chi connectivity index (χ1v) is 8.45. The van der Waals surface area contributed by atoms with Crippen LogP contribution in [0, 0.1) is 10.1 Å².